The van der Waals surface area contributed by atoms with Gasteiger partial charge in [0.2, 0.25) is 0 Å². The lowest BCUT2D eigenvalue weighted by Crippen LogP contribution is -2.56. The van der Waals surface area contributed by atoms with Gasteiger partial charge in [0, 0.05) is 17.1 Å². The van der Waals surface area contributed by atoms with Gasteiger partial charge in [-0.2, -0.15) is 0 Å². The molecule has 0 N–H and O–H groups in total. The van der Waals surface area contributed by atoms with Gasteiger partial charge in [0.05, 0.1) is 7.11 Å². The molecule has 108 valence electrons. The summed E-state index contributed by atoms with van der Waals surface area (Å²) >= 11 is 5.99. The normalized spacial score (nSPS) is 33.1. The number of carbonyl (C=O) groups is 1. The highest BCUT2D eigenvalue weighted by Crippen LogP contribution is 2.48. The van der Waals surface area contributed by atoms with Gasteiger partial charge in [0.15, 0.2) is 0 Å². The monoisotopic (exact) mass is 293 g/mol. The summed E-state index contributed by atoms with van der Waals surface area (Å²) in [5.74, 6) is -0.114. The first-order valence-corrected chi connectivity index (χ1v) is 7.54. The van der Waals surface area contributed by atoms with Gasteiger partial charge in [0.25, 0.3) is 0 Å². The molecule has 2 aliphatic rings. The van der Waals surface area contributed by atoms with Crippen molar-refractivity contribution in [2.75, 3.05) is 14.2 Å². The number of ether oxygens (including phenoxy) is 1. The van der Waals surface area contributed by atoms with Crippen LogP contribution in [0.25, 0.3) is 0 Å². The fourth-order valence-electron chi connectivity index (χ4n) is 4.14. The third kappa shape index (κ3) is 1.87. The van der Waals surface area contributed by atoms with Crippen molar-refractivity contribution >= 4 is 17.6 Å². The molecule has 0 radical (unpaired) electrons. The highest BCUT2D eigenvalue weighted by molar-refractivity contribution is 6.30. The van der Waals surface area contributed by atoms with Crippen LogP contribution < -0.4 is 0 Å². The molecule has 2 aliphatic heterocycles. The fourth-order valence-corrected chi connectivity index (χ4v) is 4.26. The predicted molar refractivity (Wildman–Crippen MR) is 79.0 cm³/mol. The zero-order chi connectivity index (χ0) is 14.3. The van der Waals surface area contributed by atoms with Crippen molar-refractivity contribution in [1.82, 2.24) is 4.90 Å². The van der Waals surface area contributed by atoms with E-state index in [1.165, 1.54) is 13.5 Å². The molecule has 3 rings (SSSR count). The molecule has 4 heteroatoms. The molecule has 2 bridgehead atoms. The van der Waals surface area contributed by atoms with Crippen LogP contribution in [-0.4, -0.2) is 37.1 Å². The minimum Gasteiger partial charge on any atom is -0.468 e. The van der Waals surface area contributed by atoms with E-state index in [-0.39, 0.29) is 12.0 Å². The number of likely N-dealkylation sites (N-methyl/N-ethyl adjacent to an activating group) is 1. The Labute approximate surface area is 124 Å². The molecule has 2 saturated heterocycles. The zero-order valence-electron chi connectivity index (χ0n) is 11.9. The Balaban J connectivity index is 2.09. The Morgan fingerprint density at radius 2 is 2.00 bits per heavy atom. The van der Waals surface area contributed by atoms with Crippen LogP contribution in [0.3, 0.4) is 0 Å². The van der Waals surface area contributed by atoms with Crippen molar-refractivity contribution in [2.24, 2.45) is 0 Å². The number of rotatable bonds is 2. The van der Waals surface area contributed by atoms with Gasteiger partial charge in [-0.3, -0.25) is 9.69 Å². The average molecular weight is 294 g/mol. The van der Waals surface area contributed by atoms with Crippen molar-refractivity contribution in [1.29, 1.82) is 0 Å². The number of benzene rings is 1. The molecule has 0 aliphatic carbocycles. The van der Waals surface area contributed by atoms with Crippen LogP contribution in [0, 0.1) is 0 Å². The summed E-state index contributed by atoms with van der Waals surface area (Å²) in [6.45, 7) is 0. The number of nitrogens with zero attached hydrogens (tertiary/aromatic N) is 1. The summed E-state index contributed by atoms with van der Waals surface area (Å²) < 4.78 is 5.18. The fraction of sp³-hybridized carbons (Fsp3) is 0.562. The minimum absolute atomic E-state index is 0.114. The first kappa shape index (κ1) is 13.9. The molecule has 2 heterocycles. The molecule has 0 saturated carbocycles. The first-order chi connectivity index (χ1) is 9.59. The second-order valence-corrected chi connectivity index (χ2v) is 6.36. The molecule has 3 nitrogen and oxygen atoms in total. The van der Waals surface area contributed by atoms with Crippen molar-refractivity contribution in [3.8, 4) is 0 Å². The van der Waals surface area contributed by atoms with Crippen LogP contribution in [0.15, 0.2) is 24.3 Å². The summed E-state index contributed by atoms with van der Waals surface area (Å²) in [4.78, 5) is 15.0. The Bertz CT molecular complexity index is 516. The number of halogens is 1. The smallest absolute Gasteiger partial charge is 0.317 e. The van der Waals surface area contributed by atoms with E-state index >= 15 is 0 Å². The van der Waals surface area contributed by atoms with Crippen LogP contribution >= 0.6 is 11.6 Å². The van der Waals surface area contributed by atoms with Gasteiger partial charge in [-0.15, -0.1) is 0 Å². The molecule has 2 fully saturated rings. The second-order valence-electron chi connectivity index (χ2n) is 5.92. The first-order valence-electron chi connectivity index (χ1n) is 7.16. The number of piperidine rings is 1. The van der Waals surface area contributed by atoms with E-state index in [0.717, 1.165) is 24.8 Å². The summed E-state index contributed by atoms with van der Waals surface area (Å²) in [7, 11) is 3.62. The Hall–Kier alpha value is -1.06. The van der Waals surface area contributed by atoms with Crippen molar-refractivity contribution < 1.29 is 9.53 Å². The highest BCUT2D eigenvalue weighted by atomic mass is 35.5. The van der Waals surface area contributed by atoms with Crippen LogP contribution in [0.1, 0.15) is 31.2 Å². The third-order valence-corrected chi connectivity index (χ3v) is 5.44. The maximum absolute atomic E-state index is 12.6. The van der Waals surface area contributed by atoms with Gasteiger partial charge in [-0.25, -0.2) is 0 Å². The van der Waals surface area contributed by atoms with Gasteiger partial charge in [-0.05, 0) is 50.4 Å². The predicted octanol–water partition coefficient (Wildman–Crippen LogP) is 3.01. The zero-order valence-corrected chi connectivity index (χ0v) is 12.7. The van der Waals surface area contributed by atoms with Gasteiger partial charge >= 0.3 is 5.97 Å². The topological polar surface area (TPSA) is 29.5 Å². The molecule has 1 aromatic rings. The van der Waals surface area contributed by atoms with E-state index in [9.17, 15) is 4.79 Å². The standard InChI is InChI=1S/C16H20ClNO2/c1-18-13-7-8-14(18)16(10-9-13,15(19)20-2)11-3-5-12(17)6-4-11/h3-6,13-14H,7-10H2,1-2H3. The summed E-state index contributed by atoms with van der Waals surface area (Å²) in [6.07, 6.45) is 4.14. The number of fused-ring (bicyclic) bond motifs is 2. The molecular formula is C16H20ClNO2. The quantitative estimate of drug-likeness (QED) is 0.785. The highest BCUT2D eigenvalue weighted by Gasteiger charge is 2.56. The van der Waals surface area contributed by atoms with Crippen molar-refractivity contribution in [2.45, 2.75) is 43.2 Å². The molecular weight excluding hydrogens is 274 g/mol. The summed E-state index contributed by atoms with van der Waals surface area (Å²) in [5.41, 5.74) is 0.493. The number of carbonyl (C=O) groups excluding carboxylic acids is 1. The lowest BCUT2D eigenvalue weighted by Gasteiger charge is -2.45. The Kier molecular flexibility index (Phi) is 3.51. The van der Waals surface area contributed by atoms with E-state index in [2.05, 4.69) is 11.9 Å². The molecule has 3 atom stereocenters. The van der Waals surface area contributed by atoms with Gasteiger partial charge in [-0.1, -0.05) is 23.7 Å². The SMILES string of the molecule is COC(=O)C1(c2ccc(Cl)cc2)CCC2CCC1N2C. The lowest BCUT2D eigenvalue weighted by atomic mass is 9.69. The largest absolute Gasteiger partial charge is 0.468 e. The number of esters is 1. The molecule has 20 heavy (non-hydrogen) atoms. The molecule has 0 aromatic heterocycles. The third-order valence-electron chi connectivity index (χ3n) is 5.19. The van der Waals surface area contributed by atoms with E-state index in [1.54, 1.807) is 0 Å². The van der Waals surface area contributed by atoms with Crippen molar-refractivity contribution in [3.63, 3.8) is 0 Å². The summed E-state index contributed by atoms with van der Waals surface area (Å²) in [6, 6.07) is 8.53. The van der Waals surface area contributed by atoms with Crippen molar-refractivity contribution in [3.05, 3.63) is 34.9 Å². The lowest BCUT2D eigenvalue weighted by molar-refractivity contribution is -0.152. The van der Waals surface area contributed by atoms with Crippen LogP contribution in [0.5, 0.6) is 0 Å². The van der Waals surface area contributed by atoms with Crippen LogP contribution in [0.2, 0.25) is 5.02 Å². The van der Waals surface area contributed by atoms with Gasteiger partial charge in [0.1, 0.15) is 5.41 Å². The Morgan fingerprint density at radius 1 is 1.30 bits per heavy atom. The van der Waals surface area contributed by atoms with Gasteiger partial charge < -0.3 is 4.74 Å². The average Bonchev–Trinajstić information content (AvgIpc) is 2.72. The maximum atomic E-state index is 12.6. The van der Waals surface area contributed by atoms with Crippen LogP contribution in [-0.2, 0) is 14.9 Å². The summed E-state index contributed by atoms with van der Waals surface area (Å²) in [5, 5.41) is 0.697. The number of hydrogen-bond acceptors (Lipinski definition) is 3. The van der Waals surface area contributed by atoms with E-state index in [4.69, 9.17) is 16.3 Å². The van der Waals surface area contributed by atoms with E-state index < -0.39 is 5.41 Å². The minimum atomic E-state index is -0.541. The van der Waals surface area contributed by atoms with E-state index in [0.29, 0.717) is 11.1 Å². The molecule has 1 aromatic carbocycles. The maximum Gasteiger partial charge on any atom is 0.317 e. The van der Waals surface area contributed by atoms with E-state index in [1.807, 2.05) is 24.3 Å². The molecule has 0 spiro atoms. The van der Waals surface area contributed by atoms with Crippen LogP contribution in [0.4, 0.5) is 0 Å². The Morgan fingerprint density at radius 3 is 2.65 bits per heavy atom. The number of methoxy groups -OCH3 is 1. The second kappa shape index (κ2) is 5.05. The molecule has 0 amide bonds. The molecule has 3 unspecified atom stereocenters. The number of hydrogen-bond donors (Lipinski definition) is 0.